The standard InChI is InChI=1S/C42H63FN6O4Si3/c1-11-32-24-40(53-31-52-19-22-56(8,9)10)38(43)25-37(32)33-14-15-36-39(23-33)49(30-51-18-21-55(5,6)7)47-41(36)42-46-35(27-45-34-13-12-16-44-26-34)28-48(42)29-50-17-20-54(2,3)4/h12-16,23-26,28,45H,11,17-22,27,29-31H2,1-10H3. The number of hydrogen-bond acceptors (Lipinski definition) is 8. The summed E-state index contributed by atoms with van der Waals surface area (Å²) in [6.07, 6.45) is 6.30. The van der Waals surface area contributed by atoms with E-state index in [4.69, 9.17) is 29.0 Å². The first-order valence-corrected chi connectivity index (χ1v) is 31.0. The minimum absolute atomic E-state index is 0.0237. The molecule has 5 rings (SSSR count). The molecule has 0 atom stereocenters. The number of nitrogens with zero attached hydrogens (tertiary/aromatic N) is 5. The molecule has 0 aliphatic carbocycles. The van der Waals surface area contributed by atoms with E-state index in [9.17, 15) is 0 Å². The Labute approximate surface area is 336 Å². The van der Waals surface area contributed by atoms with Gasteiger partial charge in [0.2, 0.25) is 0 Å². The monoisotopic (exact) mass is 818 g/mol. The van der Waals surface area contributed by atoms with Gasteiger partial charge in [-0.25, -0.2) is 14.1 Å². The summed E-state index contributed by atoms with van der Waals surface area (Å²) >= 11 is 0. The molecular formula is C42H63FN6O4Si3. The molecule has 0 bridgehead atoms. The topological polar surface area (TPSA) is 97.5 Å². The minimum Gasteiger partial charge on any atom is -0.464 e. The number of nitrogens with one attached hydrogen (secondary N) is 1. The first kappa shape index (κ1) is 43.5. The number of anilines is 1. The van der Waals surface area contributed by atoms with Crippen LogP contribution in [-0.2, 0) is 40.6 Å². The van der Waals surface area contributed by atoms with E-state index in [1.54, 1.807) is 24.5 Å². The fourth-order valence-electron chi connectivity index (χ4n) is 5.99. The first-order chi connectivity index (χ1) is 26.5. The molecule has 0 spiro atoms. The molecule has 0 saturated heterocycles. The van der Waals surface area contributed by atoms with Gasteiger partial charge in [0.1, 0.15) is 19.2 Å². The Balaban J connectivity index is 1.49. The van der Waals surface area contributed by atoms with Crippen LogP contribution in [0.2, 0.25) is 77.1 Å². The molecule has 3 heterocycles. The SMILES string of the molecule is CCc1cc(OCOCC[Si](C)(C)C)c(F)cc1-c1ccc2c(-c3nc(CNc4cccnc4)cn3COCC[Si](C)(C)C)nn(COCC[Si](C)(C)C)c2c1. The summed E-state index contributed by atoms with van der Waals surface area (Å²) in [4.78, 5) is 9.35. The molecule has 0 aliphatic rings. The lowest BCUT2D eigenvalue weighted by Gasteiger charge is -2.16. The number of aryl methyl sites for hydroxylation is 1. The van der Waals surface area contributed by atoms with E-state index in [0.717, 1.165) is 62.8 Å². The summed E-state index contributed by atoms with van der Waals surface area (Å²) < 4.78 is 43.6. The number of pyridine rings is 1. The Morgan fingerprint density at radius 1 is 0.804 bits per heavy atom. The van der Waals surface area contributed by atoms with Crippen LogP contribution >= 0.6 is 0 Å². The van der Waals surface area contributed by atoms with Crippen molar-refractivity contribution < 1.29 is 23.3 Å². The van der Waals surface area contributed by atoms with Crippen molar-refractivity contribution in [1.82, 2.24) is 24.3 Å². The van der Waals surface area contributed by atoms with Crippen LogP contribution in [0, 0.1) is 5.82 Å². The van der Waals surface area contributed by atoms with Gasteiger partial charge in [0.05, 0.1) is 23.4 Å². The van der Waals surface area contributed by atoms with Crippen molar-refractivity contribution in [3.63, 3.8) is 0 Å². The Hall–Kier alpha value is -3.67. The summed E-state index contributed by atoms with van der Waals surface area (Å²) in [5.74, 6) is 0.502. The second kappa shape index (κ2) is 19.2. The van der Waals surface area contributed by atoms with Crippen LogP contribution in [0.25, 0.3) is 33.5 Å². The van der Waals surface area contributed by atoms with E-state index in [-0.39, 0.29) is 19.3 Å². The largest absolute Gasteiger partial charge is 0.464 e. The fraction of sp³-hybridized carbons (Fsp3) is 0.500. The van der Waals surface area contributed by atoms with Gasteiger partial charge >= 0.3 is 0 Å². The van der Waals surface area contributed by atoms with E-state index in [2.05, 4.69) is 92.8 Å². The van der Waals surface area contributed by atoms with Crippen LogP contribution in [-0.4, -0.2) is 75.2 Å². The molecule has 3 aromatic heterocycles. The van der Waals surface area contributed by atoms with E-state index in [1.807, 2.05) is 29.1 Å². The van der Waals surface area contributed by atoms with Gasteiger partial charge in [0.25, 0.3) is 0 Å². The predicted molar refractivity (Wildman–Crippen MR) is 235 cm³/mol. The third-order valence-electron chi connectivity index (χ3n) is 9.51. The van der Waals surface area contributed by atoms with Gasteiger partial charge in [-0.05, 0) is 77.6 Å². The number of ether oxygens (including phenoxy) is 4. The molecular weight excluding hydrogens is 756 g/mol. The Morgan fingerprint density at radius 2 is 1.48 bits per heavy atom. The maximum atomic E-state index is 15.6. The van der Waals surface area contributed by atoms with E-state index >= 15 is 4.39 Å². The maximum absolute atomic E-state index is 15.6. The van der Waals surface area contributed by atoms with Gasteiger partial charge in [-0.2, -0.15) is 5.10 Å². The summed E-state index contributed by atoms with van der Waals surface area (Å²) in [6, 6.07) is 16.6. The summed E-state index contributed by atoms with van der Waals surface area (Å²) in [7, 11) is -3.79. The molecule has 14 heteroatoms. The van der Waals surface area contributed by atoms with Gasteiger partial charge in [0.15, 0.2) is 24.2 Å². The smallest absolute Gasteiger partial charge is 0.189 e. The van der Waals surface area contributed by atoms with Crippen molar-refractivity contribution in [2.45, 2.75) is 110 Å². The fourth-order valence-corrected chi connectivity index (χ4v) is 8.26. The first-order valence-electron chi connectivity index (χ1n) is 19.9. The molecule has 56 heavy (non-hydrogen) atoms. The Morgan fingerprint density at radius 3 is 2.12 bits per heavy atom. The van der Waals surface area contributed by atoms with E-state index in [0.29, 0.717) is 45.3 Å². The van der Waals surface area contributed by atoms with Gasteiger partial charge in [0, 0.05) is 68.0 Å². The number of aromatic nitrogens is 5. The highest BCUT2D eigenvalue weighted by molar-refractivity contribution is 6.76. The molecule has 0 fully saturated rings. The highest BCUT2D eigenvalue weighted by Crippen LogP contribution is 2.35. The van der Waals surface area contributed by atoms with E-state index < -0.39 is 30.0 Å². The number of rotatable bonds is 22. The lowest BCUT2D eigenvalue weighted by Crippen LogP contribution is -2.22. The Bertz CT molecular complexity index is 2020. The molecule has 0 unspecified atom stereocenters. The van der Waals surface area contributed by atoms with Crippen LogP contribution in [0.5, 0.6) is 5.75 Å². The highest BCUT2D eigenvalue weighted by atomic mass is 28.3. The molecule has 5 aromatic rings. The molecule has 304 valence electrons. The van der Waals surface area contributed by atoms with Crippen molar-refractivity contribution in [2.75, 3.05) is 31.9 Å². The lowest BCUT2D eigenvalue weighted by molar-refractivity contribution is 0.0197. The van der Waals surface area contributed by atoms with Crippen LogP contribution < -0.4 is 10.1 Å². The molecule has 10 nitrogen and oxygen atoms in total. The molecule has 2 aromatic carbocycles. The lowest BCUT2D eigenvalue weighted by atomic mass is 9.96. The zero-order chi connectivity index (χ0) is 40.5. The van der Waals surface area contributed by atoms with Crippen LogP contribution in [0.4, 0.5) is 10.1 Å². The third-order valence-corrected chi connectivity index (χ3v) is 14.6. The molecule has 0 radical (unpaired) electrons. The summed E-state index contributed by atoms with van der Waals surface area (Å²) in [5, 5.41) is 9.52. The predicted octanol–water partition coefficient (Wildman–Crippen LogP) is 10.6. The minimum atomic E-state index is -1.30. The summed E-state index contributed by atoms with van der Waals surface area (Å²) in [5.41, 5.74) is 6.08. The van der Waals surface area contributed by atoms with Gasteiger partial charge in [-0.3, -0.25) is 4.98 Å². The number of fused-ring (bicyclic) bond motifs is 1. The number of halogens is 1. The zero-order valence-corrected chi connectivity index (χ0v) is 38.3. The van der Waals surface area contributed by atoms with Crippen molar-refractivity contribution in [3.8, 4) is 28.4 Å². The normalized spacial score (nSPS) is 12.5. The third kappa shape index (κ3) is 12.9. The average Bonchev–Trinajstić information content (AvgIpc) is 3.71. The van der Waals surface area contributed by atoms with Gasteiger partial charge in [-0.15, -0.1) is 0 Å². The summed E-state index contributed by atoms with van der Waals surface area (Å²) in [6.45, 7) is 26.2. The number of imidazole rings is 1. The van der Waals surface area contributed by atoms with Crippen LogP contribution in [0.15, 0.2) is 61.1 Å². The van der Waals surface area contributed by atoms with Crippen molar-refractivity contribution in [3.05, 3.63) is 78.1 Å². The second-order valence-corrected chi connectivity index (χ2v) is 35.0. The van der Waals surface area contributed by atoms with Gasteiger partial charge in [-0.1, -0.05) is 71.9 Å². The number of hydrogen-bond donors (Lipinski definition) is 1. The van der Waals surface area contributed by atoms with E-state index in [1.165, 1.54) is 0 Å². The highest BCUT2D eigenvalue weighted by Gasteiger charge is 2.22. The zero-order valence-electron chi connectivity index (χ0n) is 35.3. The molecule has 0 saturated carbocycles. The van der Waals surface area contributed by atoms with Gasteiger partial charge < -0.3 is 28.8 Å². The molecule has 1 N–H and O–H groups in total. The quantitative estimate of drug-likeness (QED) is 0.0419. The van der Waals surface area contributed by atoms with Crippen LogP contribution in [0.3, 0.4) is 0 Å². The molecule has 0 amide bonds. The molecule has 0 aliphatic heterocycles. The second-order valence-electron chi connectivity index (χ2n) is 18.2. The Kier molecular flexibility index (Phi) is 14.9. The number of benzene rings is 2. The van der Waals surface area contributed by atoms with Crippen molar-refractivity contribution in [1.29, 1.82) is 0 Å². The maximum Gasteiger partial charge on any atom is 0.189 e. The average molecular weight is 819 g/mol. The van der Waals surface area contributed by atoms with Crippen LogP contribution in [0.1, 0.15) is 18.2 Å². The van der Waals surface area contributed by atoms with Crippen molar-refractivity contribution in [2.24, 2.45) is 0 Å². The van der Waals surface area contributed by atoms with Crippen molar-refractivity contribution >= 4 is 40.8 Å².